The summed E-state index contributed by atoms with van der Waals surface area (Å²) >= 11 is 4.41. The third-order valence-electron chi connectivity index (χ3n) is 2.53. The summed E-state index contributed by atoms with van der Waals surface area (Å²) in [6.45, 7) is 0.206. The van der Waals surface area contributed by atoms with Crippen LogP contribution in [0, 0.1) is 5.82 Å². The Morgan fingerprint density at radius 2 is 1.84 bits per heavy atom. The van der Waals surface area contributed by atoms with Crippen LogP contribution in [-0.4, -0.2) is 19.8 Å². The lowest BCUT2D eigenvalue weighted by molar-refractivity contribution is 0.468. The van der Waals surface area contributed by atoms with Crippen molar-refractivity contribution in [3.05, 3.63) is 51.6 Å². The molecule has 1 aromatic heterocycles. The van der Waals surface area contributed by atoms with Gasteiger partial charge in [0.15, 0.2) is 0 Å². The van der Waals surface area contributed by atoms with Crippen LogP contribution < -0.4 is 0 Å². The molecule has 102 valence electrons. The van der Waals surface area contributed by atoms with Crippen LogP contribution in [0.4, 0.5) is 4.39 Å². The van der Waals surface area contributed by atoms with Crippen molar-refractivity contribution in [2.45, 2.75) is 10.8 Å². The van der Waals surface area contributed by atoms with Crippen molar-refractivity contribution >= 4 is 37.3 Å². The maximum atomic E-state index is 12.8. The van der Waals surface area contributed by atoms with Crippen molar-refractivity contribution in [3.63, 3.8) is 0 Å². The van der Waals surface area contributed by atoms with E-state index >= 15 is 0 Å². The molecule has 19 heavy (non-hydrogen) atoms. The van der Waals surface area contributed by atoms with Crippen LogP contribution in [-0.2, 0) is 16.6 Å². The molecule has 0 radical (unpaired) electrons. The van der Waals surface area contributed by atoms with Gasteiger partial charge in [-0.3, -0.25) is 0 Å². The van der Waals surface area contributed by atoms with E-state index in [1.54, 1.807) is 24.3 Å². The Labute approximate surface area is 123 Å². The lowest BCUT2D eigenvalue weighted by Gasteiger charge is -2.16. The summed E-state index contributed by atoms with van der Waals surface area (Å²) in [4.78, 5) is 0. The van der Waals surface area contributed by atoms with E-state index in [0.29, 0.717) is 0 Å². The highest BCUT2D eigenvalue weighted by Crippen LogP contribution is 2.28. The van der Waals surface area contributed by atoms with Gasteiger partial charge in [-0.2, -0.15) is 4.31 Å². The lowest BCUT2D eigenvalue weighted by Crippen LogP contribution is -2.25. The molecule has 0 fully saturated rings. The highest BCUT2D eigenvalue weighted by atomic mass is 79.9. The van der Waals surface area contributed by atoms with Crippen molar-refractivity contribution in [2.75, 3.05) is 7.05 Å². The monoisotopic (exact) mass is 363 g/mol. The molecule has 0 aliphatic carbocycles. The van der Waals surface area contributed by atoms with Crippen LogP contribution in [0.3, 0.4) is 0 Å². The van der Waals surface area contributed by atoms with Crippen molar-refractivity contribution < 1.29 is 12.8 Å². The van der Waals surface area contributed by atoms with Crippen LogP contribution >= 0.6 is 27.3 Å². The molecule has 0 atom stereocenters. The third kappa shape index (κ3) is 3.42. The molecule has 0 saturated heterocycles. The van der Waals surface area contributed by atoms with Gasteiger partial charge in [0.1, 0.15) is 10.0 Å². The zero-order valence-electron chi connectivity index (χ0n) is 10.0. The maximum absolute atomic E-state index is 12.8. The molecule has 0 aliphatic rings. The van der Waals surface area contributed by atoms with Gasteiger partial charge in [-0.05, 0) is 45.8 Å². The van der Waals surface area contributed by atoms with Crippen LogP contribution in [0.1, 0.15) is 5.56 Å². The van der Waals surface area contributed by atoms with Gasteiger partial charge in [0.2, 0.25) is 0 Å². The molecule has 1 aromatic carbocycles. The molecule has 7 heteroatoms. The standard InChI is InChI=1S/C12H11BrFNO2S2/c1-15(8-9-2-4-10(14)5-3-9)19(16,17)12-7-6-11(13)18-12/h2-7H,8H2,1H3. The summed E-state index contributed by atoms with van der Waals surface area (Å²) in [5.41, 5.74) is 0.739. The molecule has 2 aromatic rings. The number of sulfonamides is 1. The molecule has 0 bridgehead atoms. The summed E-state index contributed by atoms with van der Waals surface area (Å²) in [6.07, 6.45) is 0. The first-order valence-electron chi connectivity index (χ1n) is 5.36. The van der Waals surface area contributed by atoms with E-state index < -0.39 is 10.0 Å². The fourth-order valence-electron chi connectivity index (χ4n) is 1.52. The molecule has 0 aliphatic heterocycles. The van der Waals surface area contributed by atoms with E-state index in [4.69, 9.17) is 0 Å². The zero-order chi connectivity index (χ0) is 14.0. The van der Waals surface area contributed by atoms with E-state index in [-0.39, 0.29) is 16.6 Å². The third-order valence-corrected chi connectivity index (χ3v) is 6.43. The van der Waals surface area contributed by atoms with Crippen molar-refractivity contribution in [1.82, 2.24) is 4.31 Å². The van der Waals surface area contributed by atoms with Crippen LogP contribution in [0.5, 0.6) is 0 Å². The van der Waals surface area contributed by atoms with Gasteiger partial charge in [0.25, 0.3) is 10.0 Å². The molecule has 0 spiro atoms. The minimum absolute atomic E-state index is 0.206. The fraction of sp³-hybridized carbons (Fsp3) is 0.167. The Hall–Kier alpha value is -0.760. The summed E-state index contributed by atoms with van der Waals surface area (Å²) < 4.78 is 39.6. The fourth-order valence-corrected chi connectivity index (χ4v) is 4.90. The minimum Gasteiger partial charge on any atom is -0.207 e. The molecular formula is C12H11BrFNO2S2. The number of hydrogen-bond donors (Lipinski definition) is 0. The molecule has 0 unspecified atom stereocenters. The number of rotatable bonds is 4. The molecule has 2 rings (SSSR count). The number of nitrogens with zero attached hydrogens (tertiary/aromatic N) is 1. The molecule has 3 nitrogen and oxygen atoms in total. The predicted octanol–water partition coefficient (Wildman–Crippen LogP) is 3.47. The van der Waals surface area contributed by atoms with Crippen LogP contribution in [0.15, 0.2) is 44.4 Å². The topological polar surface area (TPSA) is 37.4 Å². The van der Waals surface area contributed by atoms with E-state index in [0.717, 1.165) is 20.7 Å². The van der Waals surface area contributed by atoms with Crippen molar-refractivity contribution in [2.24, 2.45) is 0 Å². The van der Waals surface area contributed by atoms with E-state index in [2.05, 4.69) is 15.9 Å². The Kier molecular flexibility index (Phi) is 4.39. The summed E-state index contributed by atoms with van der Waals surface area (Å²) in [5, 5.41) is 0. The van der Waals surface area contributed by atoms with Gasteiger partial charge in [0, 0.05) is 13.6 Å². The van der Waals surface area contributed by atoms with Crippen LogP contribution in [0.25, 0.3) is 0 Å². The van der Waals surface area contributed by atoms with Gasteiger partial charge >= 0.3 is 0 Å². The first kappa shape index (κ1) is 14.6. The number of halogens is 2. The molecule has 0 N–H and O–H groups in total. The number of hydrogen-bond acceptors (Lipinski definition) is 3. The van der Waals surface area contributed by atoms with Crippen molar-refractivity contribution in [3.8, 4) is 0 Å². The maximum Gasteiger partial charge on any atom is 0.252 e. The SMILES string of the molecule is CN(Cc1ccc(F)cc1)S(=O)(=O)c1ccc(Br)s1. The number of thiophene rings is 1. The molecule has 0 saturated carbocycles. The average Bonchev–Trinajstić information content (AvgIpc) is 2.79. The van der Waals surface area contributed by atoms with Crippen LogP contribution in [0.2, 0.25) is 0 Å². The average molecular weight is 364 g/mol. The summed E-state index contributed by atoms with van der Waals surface area (Å²) in [5.74, 6) is -0.337. The Bertz CT molecular complexity index is 667. The number of benzene rings is 1. The summed E-state index contributed by atoms with van der Waals surface area (Å²) in [6, 6.07) is 9.04. The quantitative estimate of drug-likeness (QED) is 0.833. The van der Waals surface area contributed by atoms with Gasteiger partial charge in [-0.25, -0.2) is 12.8 Å². The lowest BCUT2D eigenvalue weighted by atomic mass is 10.2. The first-order valence-corrected chi connectivity index (χ1v) is 8.40. The second kappa shape index (κ2) is 5.70. The minimum atomic E-state index is -3.50. The Balaban J connectivity index is 2.19. The van der Waals surface area contributed by atoms with Gasteiger partial charge in [0.05, 0.1) is 3.79 Å². The zero-order valence-corrected chi connectivity index (χ0v) is 13.2. The smallest absolute Gasteiger partial charge is 0.207 e. The molecular weight excluding hydrogens is 353 g/mol. The Morgan fingerprint density at radius 1 is 1.21 bits per heavy atom. The molecule has 1 heterocycles. The van der Waals surface area contributed by atoms with E-state index in [9.17, 15) is 12.8 Å². The Morgan fingerprint density at radius 3 is 2.37 bits per heavy atom. The van der Waals surface area contributed by atoms with Crippen molar-refractivity contribution in [1.29, 1.82) is 0 Å². The highest BCUT2D eigenvalue weighted by molar-refractivity contribution is 9.11. The largest absolute Gasteiger partial charge is 0.252 e. The molecule has 0 amide bonds. The van der Waals surface area contributed by atoms with E-state index in [1.165, 1.54) is 23.5 Å². The van der Waals surface area contributed by atoms with Gasteiger partial charge in [-0.15, -0.1) is 11.3 Å². The summed E-state index contributed by atoms with van der Waals surface area (Å²) in [7, 11) is -1.99. The van der Waals surface area contributed by atoms with Gasteiger partial charge in [-0.1, -0.05) is 12.1 Å². The first-order chi connectivity index (χ1) is 8.89. The van der Waals surface area contributed by atoms with E-state index in [1.807, 2.05) is 0 Å². The second-order valence-corrected chi connectivity index (χ2v) is 8.68. The highest BCUT2D eigenvalue weighted by Gasteiger charge is 2.22. The second-order valence-electron chi connectivity index (χ2n) is 3.95. The predicted molar refractivity (Wildman–Crippen MR) is 77.1 cm³/mol. The normalized spacial score (nSPS) is 12.0. The van der Waals surface area contributed by atoms with Gasteiger partial charge < -0.3 is 0 Å².